The van der Waals surface area contributed by atoms with E-state index in [4.69, 9.17) is 5.73 Å². The molecule has 1 heterocycles. The van der Waals surface area contributed by atoms with Crippen LogP contribution in [0.2, 0.25) is 0 Å². The third kappa shape index (κ3) is 2.99. The van der Waals surface area contributed by atoms with Gasteiger partial charge in [-0.15, -0.1) is 0 Å². The van der Waals surface area contributed by atoms with Crippen LogP contribution in [-0.4, -0.2) is 9.97 Å². The molecule has 0 amide bonds. The van der Waals surface area contributed by atoms with E-state index in [0.29, 0.717) is 17.2 Å². The summed E-state index contributed by atoms with van der Waals surface area (Å²) >= 11 is 2.09. The lowest BCUT2D eigenvalue weighted by molar-refractivity contribution is 0.509. The van der Waals surface area contributed by atoms with Gasteiger partial charge < -0.3 is 5.73 Å². The zero-order valence-electron chi connectivity index (χ0n) is 10.3. The lowest BCUT2D eigenvalue weighted by Crippen LogP contribution is -2.05. The molecule has 6 heteroatoms. The first kappa shape index (κ1) is 14.1. The molecule has 0 aliphatic rings. The number of hydrogen-bond donors (Lipinski definition) is 1. The molecule has 2 N–H and O–H groups in total. The molecule has 0 aliphatic heterocycles. The van der Waals surface area contributed by atoms with Crippen LogP contribution < -0.4 is 5.73 Å². The third-order valence-electron chi connectivity index (χ3n) is 2.61. The van der Waals surface area contributed by atoms with Crippen LogP contribution in [0.5, 0.6) is 0 Å². The van der Waals surface area contributed by atoms with Crippen LogP contribution in [-0.2, 0) is 6.42 Å². The molecular formula is C13H12F2IN3. The summed E-state index contributed by atoms with van der Waals surface area (Å²) in [6.07, 6.45) is 1.69. The number of hydrogen-bond acceptors (Lipinski definition) is 3. The second-order valence-corrected chi connectivity index (χ2v) is 5.15. The number of nitrogen functional groups attached to an aromatic ring is 1. The van der Waals surface area contributed by atoms with E-state index in [9.17, 15) is 8.78 Å². The fourth-order valence-electron chi connectivity index (χ4n) is 1.68. The predicted molar refractivity (Wildman–Crippen MR) is 78.5 cm³/mol. The van der Waals surface area contributed by atoms with Gasteiger partial charge in [-0.05, 0) is 47.2 Å². The highest BCUT2D eigenvalue weighted by molar-refractivity contribution is 14.1. The Morgan fingerprint density at radius 1 is 1.21 bits per heavy atom. The van der Waals surface area contributed by atoms with Gasteiger partial charge in [0, 0.05) is 5.56 Å². The highest BCUT2D eigenvalue weighted by Gasteiger charge is 2.12. The number of nitrogens with two attached hydrogens (primary N) is 1. The van der Waals surface area contributed by atoms with Gasteiger partial charge in [0.05, 0.1) is 9.26 Å². The number of rotatable bonds is 3. The maximum absolute atomic E-state index is 13.2. The van der Waals surface area contributed by atoms with Crippen LogP contribution in [0.4, 0.5) is 14.6 Å². The van der Waals surface area contributed by atoms with Gasteiger partial charge in [0.25, 0.3) is 0 Å². The Hall–Kier alpha value is -1.31. The first-order valence-electron chi connectivity index (χ1n) is 5.80. The Morgan fingerprint density at radius 3 is 2.58 bits per heavy atom. The van der Waals surface area contributed by atoms with E-state index in [2.05, 4.69) is 32.6 Å². The molecule has 3 nitrogen and oxygen atoms in total. The molecule has 1 aromatic carbocycles. The Bertz CT molecular complexity index is 617. The van der Waals surface area contributed by atoms with E-state index in [0.717, 1.165) is 34.2 Å². The van der Waals surface area contributed by atoms with Crippen LogP contribution >= 0.6 is 22.6 Å². The van der Waals surface area contributed by atoms with Crippen LogP contribution in [0, 0.1) is 15.2 Å². The van der Waals surface area contributed by atoms with E-state index in [1.165, 1.54) is 6.07 Å². The maximum Gasteiger partial charge on any atom is 0.161 e. The van der Waals surface area contributed by atoms with Crippen molar-refractivity contribution < 1.29 is 8.78 Å². The van der Waals surface area contributed by atoms with Crippen molar-refractivity contribution in [2.45, 2.75) is 19.8 Å². The molecule has 2 aromatic rings. The molecule has 2 rings (SSSR count). The summed E-state index contributed by atoms with van der Waals surface area (Å²) in [6, 6.07) is 3.57. The molecular weight excluding hydrogens is 363 g/mol. The second-order valence-electron chi connectivity index (χ2n) is 4.07. The van der Waals surface area contributed by atoms with Crippen LogP contribution in [0.3, 0.4) is 0 Å². The van der Waals surface area contributed by atoms with Crippen molar-refractivity contribution >= 4 is 28.4 Å². The van der Waals surface area contributed by atoms with Crippen molar-refractivity contribution in [2.24, 2.45) is 0 Å². The molecule has 0 saturated heterocycles. The molecule has 0 bridgehead atoms. The molecule has 100 valence electrons. The van der Waals surface area contributed by atoms with Crippen LogP contribution in [0.15, 0.2) is 18.2 Å². The van der Waals surface area contributed by atoms with E-state index in [-0.39, 0.29) is 0 Å². The van der Waals surface area contributed by atoms with E-state index in [1.807, 2.05) is 6.92 Å². The molecule has 19 heavy (non-hydrogen) atoms. The summed E-state index contributed by atoms with van der Waals surface area (Å²) < 4.78 is 27.0. The van der Waals surface area contributed by atoms with Crippen molar-refractivity contribution in [1.82, 2.24) is 9.97 Å². The molecule has 0 atom stereocenters. The van der Waals surface area contributed by atoms with Gasteiger partial charge in [-0.2, -0.15) is 0 Å². The predicted octanol–water partition coefficient (Wildman–Crippen LogP) is 3.56. The number of benzene rings is 1. The van der Waals surface area contributed by atoms with Crippen molar-refractivity contribution in [3.05, 3.63) is 39.1 Å². The molecule has 1 aromatic heterocycles. The fourth-order valence-corrected chi connectivity index (χ4v) is 2.19. The van der Waals surface area contributed by atoms with Crippen molar-refractivity contribution in [3.63, 3.8) is 0 Å². The van der Waals surface area contributed by atoms with Gasteiger partial charge in [-0.3, -0.25) is 0 Å². The Balaban J connectivity index is 2.52. The number of aryl methyl sites for hydroxylation is 1. The average Bonchev–Trinajstić information content (AvgIpc) is 2.38. The minimum Gasteiger partial charge on any atom is -0.383 e. The van der Waals surface area contributed by atoms with Crippen LogP contribution in [0.1, 0.15) is 19.0 Å². The van der Waals surface area contributed by atoms with E-state index < -0.39 is 11.6 Å². The monoisotopic (exact) mass is 375 g/mol. The van der Waals surface area contributed by atoms with Crippen LogP contribution in [0.25, 0.3) is 11.4 Å². The van der Waals surface area contributed by atoms with Crippen molar-refractivity contribution in [2.75, 3.05) is 5.73 Å². The summed E-state index contributed by atoms with van der Waals surface area (Å²) in [7, 11) is 0. The average molecular weight is 375 g/mol. The summed E-state index contributed by atoms with van der Waals surface area (Å²) in [6.45, 7) is 2.03. The fraction of sp³-hybridized carbons (Fsp3) is 0.231. The molecule has 0 unspecified atom stereocenters. The second kappa shape index (κ2) is 5.77. The Kier molecular flexibility index (Phi) is 4.28. The minimum absolute atomic E-state index is 0.320. The molecule has 0 radical (unpaired) electrons. The third-order valence-corrected chi connectivity index (χ3v) is 3.79. The topological polar surface area (TPSA) is 51.8 Å². The zero-order valence-corrected chi connectivity index (χ0v) is 12.4. The van der Waals surface area contributed by atoms with Gasteiger partial charge in [0.15, 0.2) is 17.5 Å². The Labute approximate surface area is 123 Å². The summed E-state index contributed by atoms with van der Waals surface area (Å²) in [4.78, 5) is 8.50. The first-order valence-corrected chi connectivity index (χ1v) is 6.88. The number of nitrogens with zero attached hydrogens (tertiary/aromatic N) is 2. The number of anilines is 1. The Morgan fingerprint density at radius 2 is 1.95 bits per heavy atom. The lowest BCUT2D eigenvalue weighted by atomic mass is 10.2. The highest BCUT2D eigenvalue weighted by Crippen LogP contribution is 2.24. The van der Waals surface area contributed by atoms with E-state index in [1.54, 1.807) is 0 Å². The molecule has 0 fully saturated rings. The summed E-state index contributed by atoms with van der Waals surface area (Å²) in [5.41, 5.74) is 7.08. The summed E-state index contributed by atoms with van der Waals surface area (Å²) in [5, 5.41) is 0. The molecule has 0 aliphatic carbocycles. The SMILES string of the molecule is CCCc1nc(-c2ccc(F)c(F)c2)nc(N)c1I. The molecule has 0 spiro atoms. The van der Waals surface area contributed by atoms with Gasteiger partial charge in [0.2, 0.25) is 0 Å². The smallest absolute Gasteiger partial charge is 0.161 e. The standard InChI is InChI=1S/C13H12F2IN3/c1-2-3-10-11(16)12(17)19-13(18-10)7-4-5-8(14)9(15)6-7/h4-6H,2-3H2,1H3,(H2,17,18,19). The van der Waals surface area contributed by atoms with Crippen molar-refractivity contribution in [3.8, 4) is 11.4 Å². The number of aromatic nitrogens is 2. The quantitative estimate of drug-likeness (QED) is 0.835. The first-order chi connectivity index (χ1) is 9.02. The normalized spacial score (nSPS) is 10.7. The maximum atomic E-state index is 13.2. The number of halogens is 3. The van der Waals surface area contributed by atoms with Crippen molar-refractivity contribution in [1.29, 1.82) is 0 Å². The van der Waals surface area contributed by atoms with E-state index >= 15 is 0 Å². The minimum atomic E-state index is -0.921. The summed E-state index contributed by atoms with van der Waals surface area (Å²) in [5.74, 6) is -1.13. The van der Waals surface area contributed by atoms with Gasteiger partial charge in [0.1, 0.15) is 5.82 Å². The van der Waals surface area contributed by atoms with Gasteiger partial charge in [-0.25, -0.2) is 18.7 Å². The van der Waals surface area contributed by atoms with Gasteiger partial charge in [-0.1, -0.05) is 13.3 Å². The van der Waals surface area contributed by atoms with Gasteiger partial charge >= 0.3 is 0 Å². The zero-order chi connectivity index (χ0) is 14.0. The molecule has 0 saturated carbocycles. The highest BCUT2D eigenvalue weighted by atomic mass is 127. The largest absolute Gasteiger partial charge is 0.383 e. The lowest BCUT2D eigenvalue weighted by Gasteiger charge is -2.08.